The second-order valence-electron chi connectivity index (χ2n) is 6.38. The first kappa shape index (κ1) is 14.6. The highest BCUT2D eigenvalue weighted by molar-refractivity contribution is 5.95. The number of rotatable bonds is 2. The van der Waals surface area contributed by atoms with Gasteiger partial charge in [0.25, 0.3) is 0 Å². The molecule has 0 bridgehead atoms. The Morgan fingerprint density at radius 2 is 1.85 bits per heavy atom. The van der Waals surface area contributed by atoms with Crippen LogP contribution in [0.5, 0.6) is 0 Å². The minimum Gasteiger partial charge on any atom is -0.481 e. The van der Waals surface area contributed by atoms with Crippen LogP contribution in [0.25, 0.3) is 0 Å². The van der Waals surface area contributed by atoms with E-state index >= 15 is 0 Å². The molecule has 1 heterocycles. The van der Waals surface area contributed by atoms with Crippen molar-refractivity contribution in [1.82, 2.24) is 0 Å². The van der Waals surface area contributed by atoms with Crippen molar-refractivity contribution in [2.75, 3.05) is 11.4 Å². The maximum absolute atomic E-state index is 12.0. The Labute approximate surface area is 119 Å². The van der Waals surface area contributed by atoms with Gasteiger partial charge in [-0.1, -0.05) is 32.9 Å². The number of carboxylic acid groups (broad SMARTS) is 1. The molecule has 2 rings (SSSR count). The highest BCUT2D eigenvalue weighted by Gasteiger charge is 2.30. The summed E-state index contributed by atoms with van der Waals surface area (Å²) < 4.78 is 0. The molecule has 4 heteroatoms. The Morgan fingerprint density at radius 1 is 1.25 bits per heavy atom. The Balaban J connectivity index is 2.21. The molecule has 1 aliphatic rings. The molecule has 1 fully saturated rings. The van der Waals surface area contributed by atoms with E-state index in [4.69, 9.17) is 5.11 Å². The molecule has 1 amide bonds. The van der Waals surface area contributed by atoms with Crippen LogP contribution in [-0.2, 0) is 15.0 Å². The highest BCUT2D eigenvalue weighted by Crippen LogP contribution is 2.28. The third-order valence-electron chi connectivity index (χ3n) is 3.80. The number of piperidine rings is 1. The van der Waals surface area contributed by atoms with Crippen LogP contribution in [0.1, 0.15) is 39.2 Å². The van der Waals surface area contributed by atoms with Gasteiger partial charge >= 0.3 is 5.97 Å². The third kappa shape index (κ3) is 3.00. The maximum atomic E-state index is 12.0. The van der Waals surface area contributed by atoms with Crippen LogP contribution in [0.3, 0.4) is 0 Å². The predicted octanol–water partition coefficient (Wildman–Crippen LogP) is 2.81. The van der Waals surface area contributed by atoms with Crippen molar-refractivity contribution in [1.29, 1.82) is 0 Å². The number of carbonyl (C=O) groups is 2. The SMILES string of the molecule is CC(C)(C)c1ccc(N2CC(C(=O)O)CCC2=O)cc1. The van der Waals surface area contributed by atoms with Crippen molar-refractivity contribution in [3.05, 3.63) is 29.8 Å². The van der Waals surface area contributed by atoms with Crippen LogP contribution < -0.4 is 4.90 Å². The molecule has 1 atom stereocenters. The van der Waals surface area contributed by atoms with Gasteiger partial charge < -0.3 is 10.0 Å². The van der Waals surface area contributed by atoms with Crippen LogP contribution in [0.2, 0.25) is 0 Å². The van der Waals surface area contributed by atoms with E-state index < -0.39 is 11.9 Å². The van der Waals surface area contributed by atoms with Crippen molar-refractivity contribution in [2.45, 2.75) is 39.0 Å². The van der Waals surface area contributed by atoms with Crippen molar-refractivity contribution in [2.24, 2.45) is 5.92 Å². The second-order valence-corrected chi connectivity index (χ2v) is 6.38. The fraction of sp³-hybridized carbons (Fsp3) is 0.500. The number of nitrogens with zero attached hydrogens (tertiary/aromatic N) is 1. The fourth-order valence-corrected chi connectivity index (χ4v) is 2.44. The summed E-state index contributed by atoms with van der Waals surface area (Å²) in [7, 11) is 0. The van der Waals surface area contributed by atoms with E-state index in [0.717, 1.165) is 5.69 Å². The molecule has 0 aromatic heterocycles. The number of hydrogen-bond donors (Lipinski definition) is 1. The van der Waals surface area contributed by atoms with E-state index in [-0.39, 0.29) is 17.9 Å². The maximum Gasteiger partial charge on any atom is 0.308 e. The topological polar surface area (TPSA) is 57.6 Å². The highest BCUT2D eigenvalue weighted by atomic mass is 16.4. The summed E-state index contributed by atoms with van der Waals surface area (Å²) in [5.41, 5.74) is 2.04. The standard InChI is InChI=1S/C16H21NO3/c1-16(2,3)12-5-7-13(8-6-12)17-10-11(15(19)20)4-9-14(17)18/h5-8,11H,4,9-10H2,1-3H3,(H,19,20). The zero-order valence-corrected chi connectivity index (χ0v) is 12.2. The van der Waals surface area contributed by atoms with Gasteiger partial charge in [-0.25, -0.2) is 0 Å². The molecular weight excluding hydrogens is 254 g/mol. The molecule has 0 aliphatic carbocycles. The number of benzene rings is 1. The molecule has 0 saturated carbocycles. The fourth-order valence-electron chi connectivity index (χ4n) is 2.44. The van der Waals surface area contributed by atoms with E-state index in [1.165, 1.54) is 5.56 Å². The summed E-state index contributed by atoms with van der Waals surface area (Å²) in [6, 6.07) is 7.82. The van der Waals surface area contributed by atoms with E-state index in [2.05, 4.69) is 20.8 Å². The lowest BCUT2D eigenvalue weighted by Crippen LogP contribution is -2.42. The van der Waals surface area contributed by atoms with Gasteiger partial charge in [0.15, 0.2) is 0 Å². The molecular formula is C16H21NO3. The van der Waals surface area contributed by atoms with Gasteiger partial charge in [-0.2, -0.15) is 0 Å². The zero-order valence-electron chi connectivity index (χ0n) is 12.2. The number of hydrogen-bond acceptors (Lipinski definition) is 2. The molecule has 1 aromatic carbocycles. The minimum absolute atomic E-state index is 0.00556. The molecule has 0 spiro atoms. The molecule has 1 N–H and O–H groups in total. The number of carbonyl (C=O) groups excluding carboxylic acids is 1. The lowest BCUT2D eigenvalue weighted by molar-refractivity contribution is -0.142. The van der Waals surface area contributed by atoms with Crippen molar-refractivity contribution in [3.63, 3.8) is 0 Å². The van der Waals surface area contributed by atoms with Gasteiger partial charge in [-0.15, -0.1) is 0 Å². The normalized spacial score (nSPS) is 20.1. The van der Waals surface area contributed by atoms with Gasteiger partial charge in [-0.05, 0) is 29.5 Å². The molecule has 0 radical (unpaired) electrons. The number of aliphatic carboxylic acids is 1. The zero-order chi connectivity index (χ0) is 14.9. The Bertz CT molecular complexity index is 514. The van der Waals surface area contributed by atoms with Crippen molar-refractivity contribution >= 4 is 17.6 Å². The van der Waals surface area contributed by atoms with Crippen LogP contribution in [-0.4, -0.2) is 23.5 Å². The first-order valence-electron chi connectivity index (χ1n) is 6.93. The summed E-state index contributed by atoms with van der Waals surface area (Å²) >= 11 is 0. The first-order chi connectivity index (χ1) is 9.29. The molecule has 1 aliphatic heterocycles. The first-order valence-corrected chi connectivity index (χ1v) is 6.93. The lowest BCUT2D eigenvalue weighted by Gasteiger charge is -2.31. The molecule has 1 unspecified atom stereocenters. The van der Waals surface area contributed by atoms with Gasteiger partial charge in [0.2, 0.25) is 5.91 Å². The minimum atomic E-state index is -0.825. The lowest BCUT2D eigenvalue weighted by atomic mass is 9.87. The molecule has 1 saturated heterocycles. The van der Waals surface area contributed by atoms with Gasteiger partial charge in [0.1, 0.15) is 0 Å². The smallest absolute Gasteiger partial charge is 0.308 e. The average molecular weight is 275 g/mol. The van der Waals surface area contributed by atoms with E-state index in [1.54, 1.807) is 4.90 Å². The summed E-state index contributed by atoms with van der Waals surface area (Å²) in [5, 5.41) is 9.10. The van der Waals surface area contributed by atoms with Crippen molar-refractivity contribution < 1.29 is 14.7 Å². The second kappa shape index (κ2) is 5.27. The number of anilines is 1. The Hall–Kier alpha value is -1.84. The van der Waals surface area contributed by atoms with E-state index in [1.807, 2.05) is 24.3 Å². The number of carboxylic acids is 1. The van der Waals surface area contributed by atoms with E-state index in [0.29, 0.717) is 12.8 Å². The van der Waals surface area contributed by atoms with Crippen LogP contribution in [0, 0.1) is 5.92 Å². The van der Waals surface area contributed by atoms with Gasteiger partial charge in [0, 0.05) is 18.7 Å². The van der Waals surface area contributed by atoms with Crippen LogP contribution in [0.4, 0.5) is 5.69 Å². The predicted molar refractivity (Wildman–Crippen MR) is 77.9 cm³/mol. The van der Waals surface area contributed by atoms with Crippen LogP contribution in [0.15, 0.2) is 24.3 Å². The van der Waals surface area contributed by atoms with Crippen molar-refractivity contribution in [3.8, 4) is 0 Å². The molecule has 1 aromatic rings. The Kier molecular flexibility index (Phi) is 3.84. The Morgan fingerprint density at radius 3 is 2.35 bits per heavy atom. The van der Waals surface area contributed by atoms with Gasteiger partial charge in [0.05, 0.1) is 5.92 Å². The molecule has 4 nitrogen and oxygen atoms in total. The summed E-state index contributed by atoms with van der Waals surface area (Å²) in [6.45, 7) is 6.67. The van der Waals surface area contributed by atoms with Crippen LogP contribution >= 0.6 is 0 Å². The average Bonchev–Trinajstić information content (AvgIpc) is 2.38. The monoisotopic (exact) mass is 275 g/mol. The van der Waals surface area contributed by atoms with Gasteiger partial charge in [-0.3, -0.25) is 9.59 Å². The largest absolute Gasteiger partial charge is 0.481 e. The summed E-state index contributed by atoms with van der Waals surface area (Å²) in [6.07, 6.45) is 0.739. The summed E-state index contributed by atoms with van der Waals surface area (Å²) in [4.78, 5) is 24.7. The molecule has 20 heavy (non-hydrogen) atoms. The van der Waals surface area contributed by atoms with E-state index in [9.17, 15) is 9.59 Å². The molecule has 108 valence electrons. The summed E-state index contributed by atoms with van der Waals surface area (Å²) in [5.74, 6) is -1.28. The quantitative estimate of drug-likeness (QED) is 0.903. The number of amides is 1. The third-order valence-corrected chi connectivity index (χ3v) is 3.80.